The van der Waals surface area contributed by atoms with E-state index in [9.17, 15) is 22.8 Å². The molecule has 1 aliphatic rings. The van der Waals surface area contributed by atoms with E-state index in [0.29, 0.717) is 25.7 Å². The predicted molar refractivity (Wildman–Crippen MR) is 71.8 cm³/mol. The standard InChI is InChI=1S/C14H17F3N2O4/c1-2-23-13(22)8-3-5-9(6-4-8)19-11(14(15,16)17)10(7-18-19)12(20)21/h7-9H,2-6H2,1H3,(H,20,21)/t8-,9-. The van der Waals surface area contributed by atoms with E-state index >= 15 is 0 Å². The van der Waals surface area contributed by atoms with Crippen LogP contribution in [0.3, 0.4) is 0 Å². The maximum absolute atomic E-state index is 13.2. The Morgan fingerprint density at radius 1 is 1.35 bits per heavy atom. The topological polar surface area (TPSA) is 81.4 Å². The van der Waals surface area contributed by atoms with Crippen LogP contribution in [0.5, 0.6) is 0 Å². The highest BCUT2D eigenvalue weighted by molar-refractivity contribution is 5.88. The number of aromatic nitrogens is 2. The van der Waals surface area contributed by atoms with Gasteiger partial charge < -0.3 is 9.84 Å². The molecule has 2 rings (SSSR count). The molecule has 0 unspecified atom stereocenters. The van der Waals surface area contributed by atoms with Crippen molar-refractivity contribution in [2.45, 2.75) is 44.8 Å². The molecule has 1 aliphatic carbocycles. The molecular weight excluding hydrogens is 317 g/mol. The van der Waals surface area contributed by atoms with Crippen LogP contribution in [-0.2, 0) is 15.7 Å². The lowest BCUT2D eigenvalue weighted by Crippen LogP contribution is -2.28. The smallest absolute Gasteiger partial charge is 0.433 e. The first-order valence-corrected chi connectivity index (χ1v) is 7.30. The van der Waals surface area contributed by atoms with E-state index in [2.05, 4.69) is 5.10 Å². The molecule has 0 atom stereocenters. The van der Waals surface area contributed by atoms with E-state index in [-0.39, 0.29) is 18.5 Å². The van der Waals surface area contributed by atoms with E-state index in [1.54, 1.807) is 6.92 Å². The molecule has 0 amide bonds. The first kappa shape index (κ1) is 17.3. The van der Waals surface area contributed by atoms with Gasteiger partial charge in [0.15, 0.2) is 5.69 Å². The number of aromatic carboxylic acids is 1. The normalized spacial score (nSPS) is 21.9. The first-order chi connectivity index (χ1) is 10.8. The minimum Gasteiger partial charge on any atom is -0.478 e. The molecule has 0 saturated heterocycles. The van der Waals surface area contributed by atoms with E-state index in [1.807, 2.05) is 0 Å². The summed E-state index contributed by atoms with van der Waals surface area (Å²) in [5.74, 6) is -2.33. The van der Waals surface area contributed by atoms with Gasteiger partial charge in [-0.25, -0.2) is 4.79 Å². The van der Waals surface area contributed by atoms with E-state index in [1.165, 1.54) is 0 Å². The van der Waals surface area contributed by atoms with Crippen molar-refractivity contribution in [1.29, 1.82) is 0 Å². The Hall–Kier alpha value is -2.06. The molecule has 0 aromatic carbocycles. The Morgan fingerprint density at radius 3 is 2.43 bits per heavy atom. The van der Waals surface area contributed by atoms with Crippen molar-refractivity contribution < 1.29 is 32.6 Å². The molecule has 1 aromatic rings. The van der Waals surface area contributed by atoms with Gasteiger partial charge in [-0.05, 0) is 32.6 Å². The first-order valence-electron chi connectivity index (χ1n) is 7.30. The molecule has 1 fully saturated rings. The third-order valence-corrected chi connectivity index (χ3v) is 3.96. The van der Waals surface area contributed by atoms with Gasteiger partial charge in [0.25, 0.3) is 0 Å². The average molecular weight is 334 g/mol. The number of rotatable bonds is 4. The number of ether oxygens (including phenoxy) is 1. The average Bonchev–Trinajstić information content (AvgIpc) is 2.93. The molecule has 6 nitrogen and oxygen atoms in total. The van der Waals surface area contributed by atoms with Crippen LogP contribution in [-0.4, -0.2) is 33.4 Å². The third-order valence-electron chi connectivity index (χ3n) is 3.96. The van der Waals surface area contributed by atoms with Crippen LogP contribution in [0.1, 0.15) is 54.7 Å². The van der Waals surface area contributed by atoms with Crippen LogP contribution < -0.4 is 0 Å². The van der Waals surface area contributed by atoms with E-state index < -0.39 is 29.4 Å². The van der Waals surface area contributed by atoms with Crippen molar-refractivity contribution in [3.8, 4) is 0 Å². The molecular formula is C14H17F3N2O4. The van der Waals surface area contributed by atoms with Crippen molar-refractivity contribution in [2.24, 2.45) is 5.92 Å². The predicted octanol–water partition coefficient (Wildman–Crippen LogP) is 2.89. The van der Waals surface area contributed by atoms with Crippen LogP contribution >= 0.6 is 0 Å². The summed E-state index contributed by atoms with van der Waals surface area (Å²) >= 11 is 0. The largest absolute Gasteiger partial charge is 0.478 e. The van der Waals surface area contributed by atoms with Gasteiger partial charge >= 0.3 is 18.1 Å². The quantitative estimate of drug-likeness (QED) is 0.856. The summed E-state index contributed by atoms with van der Waals surface area (Å²) in [6, 6.07) is -0.578. The highest BCUT2D eigenvalue weighted by Crippen LogP contribution is 2.38. The van der Waals surface area contributed by atoms with Crippen LogP contribution in [0.25, 0.3) is 0 Å². The fourth-order valence-corrected chi connectivity index (χ4v) is 2.89. The monoisotopic (exact) mass is 334 g/mol. The van der Waals surface area contributed by atoms with Crippen molar-refractivity contribution in [3.63, 3.8) is 0 Å². The van der Waals surface area contributed by atoms with Gasteiger partial charge in [-0.2, -0.15) is 18.3 Å². The zero-order valence-electron chi connectivity index (χ0n) is 12.5. The summed E-state index contributed by atoms with van der Waals surface area (Å²) in [4.78, 5) is 22.6. The minimum atomic E-state index is -4.80. The van der Waals surface area contributed by atoms with Gasteiger partial charge in [0.05, 0.1) is 24.8 Å². The maximum Gasteiger partial charge on any atom is 0.433 e. The number of carboxylic acids is 1. The van der Waals surface area contributed by atoms with Crippen LogP contribution in [0, 0.1) is 5.92 Å². The molecule has 0 aliphatic heterocycles. The Labute approximate surface area is 130 Å². The second kappa shape index (κ2) is 6.59. The van der Waals surface area contributed by atoms with Gasteiger partial charge in [-0.3, -0.25) is 9.48 Å². The second-order valence-corrected chi connectivity index (χ2v) is 5.41. The highest BCUT2D eigenvalue weighted by atomic mass is 19.4. The molecule has 0 spiro atoms. The minimum absolute atomic E-state index is 0.262. The molecule has 0 radical (unpaired) electrons. The van der Waals surface area contributed by atoms with Crippen LogP contribution in [0.4, 0.5) is 13.2 Å². The number of carboxylic acid groups (broad SMARTS) is 1. The zero-order chi connectivity index (χ0) is 17.2. The summed E-state index contributed by atoms with van der Waals surface area (Å²) in [5, 5.41) is 12.5. The molecule has 1 heterocycles. The number of carbonyl (C=O) groups excluding carboxylic acids is 1. The summed E-state index contributed by atoms with van der Waals surface area (Å²) < 4.78 is 45.2. The number of halogens is 3. The molecule has 1 N–H and O–H groups in total. The van der Waals surface area contributed by atoms with Gasteiger partial charge in [-0.15, -0.1) is 0 Å². The summed E-state index contributed by atoms with van der Waals surface area (Å²) in [7, 11) is 0. The third kappa shape index (κ3) is 3.65. The maximum atomic E-state index is 13.2. The number of alkyl halides is 3. The number of esters is 1. The van der Waals surface area contributed by atoms with E-state index in [4.69, 9.17) is 9.84 Å². The van der Waals surface area contributed by atoms with Gasteiger partial charge in [0, 0.05) is 0 Å². The molecule has 1 saturated carbocycles. The van der Waals surface area contributed by atoms with Crippen LogP contribution in [0.15, 0.2) is 6.20 Å². The Balaban J connectivity index is 2.18. The molecule has 128 valence electrons. The molecule has 9 heteroatoms. The number of nitrogens with zero attached hydrogens (tertiary/aromatic N) is 2. The van der Waals surface area contributed by atoms with Gasteiger partial charge in [0.2, 0.25) is 0 Å². The fourth-order valence-electron chi connectivity index (χ4n) is 2.89. The van der Waals surface area contributed by atoms with Crippen molar-refractivity contribution in [2.75, 3.05) is 6.61 Å². The Kier molecular flexibility index (Phi) is 4.96. The van der Waals surface area contributed by atoms with E-state index in [0.717, 1.165) is 10.9 Å². The van der Waals surface area contributed by atoms with Crippen LogP contribution in [0.2, 0.25) is 0 Å². The summed E-state index contributed by atoms with van der Waals surface area (Å²) in [6.07, 6.45) is -2.67. The molecule has 1 aromatic heterocycles. The Bertz CT molecular complexity index is 589. The number of hydrogen-bond acceptors (Lipinski definition) is 4. The SMILES string of the molecule is CCOC(=O)[C@H]1CC[C@H](n2ncc(C(=O)O)c2C(F)(F)F)CC1. The summed E-state index contributed by atoms with van der Waals surface area (Å²) in [5.41, 5.74) is -2.10. The van der Waals surface area contributed by atoms with Crippen molar-refractivity contribution in [1.82, 2.24) is 9.78 Å². The van der Waals surface area contributed by atoms with Crippen molar-refractivity contribution in [3.05, 3.63) is 17.5 Å². The molecule has 0 bridgehead atoms. The lowest BCUT2D eigenvalue weighted by Gasteiger charge is -2.28. The zero-order valence-corrected chi connectivity index (χ0v) is 12.5. The van der Waals surface area contributed by atoms with Gasteiger partial charge in [-0.1, -0.05) is 0 Å². The number of carbonyl (C=O) groups is 2. The number of hydrogen-bond donors (Lipinski definition) is 1. The summed E-state index contributed by atoms with van der Waals surface area (Å²) in [6.45, 7) is 1.95. The van der Waals surface area contributed by atoms with Crippen molar-refractivity contribution >= 4 is 11.9 Å². The lowest BCUT2D eigenvalue weighted by molar-refractivity contribution is -0.151. The van der Waals surface area contributed by atoms with Gasteiger partial charge in [0.1, 0.15) is 5.56 Å². The fraction of sp³-hybridized carbons (Fsp3) is 0.643. The lowest BCUT2D eigenvalue weighted by atomic mass is 9.86. The Morgan fingerprint density at radius 2 is 1.96 bits per heavy atom. The molecule has 23 heavy (non-hydrogen) atoms. The second-order valence-electron chi connectivity index (χ2n) is 5.41. The highest BCUT2D eigenvalue weighted by Gasteiger charge is 2.42.